The van der Waals surface area contributed by atoms with Gasteiger partial charge in [0.1, 0.15) is 11.1 Å². The van der Waals surface area contributed by atoms with Gasteiger partial charge < -0.3 is 15.0 Å². The quantitative estimate of drug-likeness (QED) is 0.566. The molecule has 0 spiro atoms. The maximum absolute atomic E-state index is 12.3. The SMILES string of the molecule is N#Cc1c(NC(=O)COC(=O)c2ccc(N3CCCC3=O)cc2)sc2c1CCCCC2. The van der Waals surface area contributed by atoms with Crippen LogP contribution in [0, 0.1) is 11.3 Å². The van der Waals surface area contributed by atoms with E-state index in [-0.39, 0.29) is 5.91 Å². The van der Waals surface area contributed by atoms with Crippen molar-refractivity contribution in [1.29, 1.82) is 5.26 Å². The van der Waals surface area contributed by atoms with Crippen LogP contribution < -0.4 is 10.2 Å². The normalized spacial score (nSPS) is 15.7. The van der Waals surface area contributed by atoms with Crippen molar-refractivity contribution in [2.24, 2.45) is 0 Å². The molecular formula is C23H23N3O4S. The lowest BCUT2D eigenvalue weighted by atomic mass is 10.1. The number of nitrogens with one attached hydrogen (secondary N) is 1. The maximum Gasteiger partial charge on any atom is 0.338 e. The number of fused-ring (bicyclic) bond motifs is 1. The highest BCUT2D eigenvalue weighted by atomic mass is 32.1. The highest BCUT2D eigenvalue weighted by molar-refractivity contribution is 7.16. The molecular weight excluding hydrogens is 414 g/mol. The molecule has 2 heterocycles. The Morgan fingerprint density at radius 1 is 1.10 bits per heavy atom. The van der Waals surface area contributed by atoms with E-state index in [4.69, 9.17) is 4.74 Å². The molecule has 1 saturated heterocycles. The van der Waals surface area contributed by atoms with E-state index in [1.807, 2.05) is 0 Å². The molecule has 0 atom stereocenters. The number of ether oxygens (including phenoxy) is 1. The fourth-order valence-electron chi connectivity index (χ4n) is 4.02. The Morgan fingerprint density at radius 2 is 1.87 bits per heavy atom. The average Bonchev–Trinajstić information content (AvgIpc) is 3.26. The van der Waals surface area contributed by atoms with Gasteiger partial charge in [-0.3, -0.25) is 9.59 Å². The fourth-order valence-corrected chi connectivity index (χ4v) is 5.28. The summed E-state index contributed by atoms with van der Waals surface area (Å²) in [7, 11) is 0. The summed E-state index contributed by atoms with van der Waals surface area (Å²) >= 11 is 1.45. The largest absolute Gasteiger partial charge is 0.452 e. The van der Waals surface area contributed by atoms with E-state index in [0.717, 1.165) is 54.7 Å². The molecule has 1 aromatic carbocycles. The lowest BCUT2D eigenvalue weighted by Gasteiger charge is -2.15. The number of amides is 2. The molecule has 31 heavy (non-hydrogen) atoms. The second-order valence-electron chi connectivity index (χ2n) is 7.70. The van der Waals surface area contributed by atoms with Crippen LogP contribution in [0.25, 0.3) is 0 Å². The van der Waals surface area contributed by atoms with E-state index in [2.05, 4.69) is 11.4 Å². The first-order chi connectivity index (χ1) is 15.1. The van der Waals surface area contributed by atoms with Crippen molar-refractivity contribution in [2.45, 2.75) is 44.9 Å². The van der Waals surface area contributed by atoms with Crippen LogP contribution in [0.1, 0.15) is 58.5 Å². The molecule has 2 aromatic rings. The Hall–Kier alpha value is -3.18. The highest BCUT2D eigenvalue weighted by Gasteiger charge is 2.23. The van der Waals surface area contributed by atoms with Crippen molar-refractivity contribution in [2.75, 3.05) is 23.4 Å². The van der Waals surface area contributed by atoms with Gasteiger partial charge in [-0.2, -0.15) is 5.26 Å². The minimum Gasteiger partial charge on any atom is -0.452 e. The van der Waals surface area contributed by atoms with Crippen molar-refractivity contribution < 1.29 is 19.1 Å². The Morgan fingerprint density at radius 3 is 2.58 bits per heavy atom. The van der Waals surface area contributed by atoms with Crippen molar-refractivity contribution >= 4 is 39.8 Å². The zero-order valence-corrected chi connectivity index (χ0v) is 17.9. The van der Waals surface area contributed by atoms with Crippen LogP contribution in [0.15, 0.2) is 24.3 Å². The predicted octanol–water partition coefficient (Wildman–Crippen LogP) is 3.81. The van der Waals surface area contributed by atoms with E-state index >= 15 is 0 Å². The molecule has 8 heteroatoms. The minimum absolute atomic E-state index is 0.0783. The fraction of sp³-hybridized carbons (Fsp3) is 0.391. The number of thiophene rings is 1. The number of carbonyl (C=O) groups is 3. The van der Waals surface area contributed by atoms with E-state index in [1.54, 1.807) is 29.2 Å². The summed E-state index contributed by atoms with van der Waals surface area (Å²) in [6.45, 7) is 0.248. The van der Waals surface area contributed by atoms with Crippen molar-refractivity contribution in [1.82, 2.24) is 0 Å². The zero-order valence-electron chi connectivity index (χ0n) is 17.1. The van der Waals surface area contributed by atoms with Gasteiger partial charge in [-0.25, -0.2) is 4.79 Å². The molecule has 1 aliphatic heterocycles. The standard InChI is InChI=1S/C23H23N3O4S/c24-13-18-17-5-2-1-3-6-19(17)31-22(18)25-20(27)14-30-23(29)15-8-10-16(11-9-15)26-12-4-7-21(26)28/h8-11H,1-7,12,14H2,(H,25,27). The van der Waals surface area contributed by atoms with Gasteiger partial charge in [0.15, 0.2) is 6.61 Å². The van der Waals surface area contributed by atoms with Gasteiger partial charge in [-0.1, -0.05) is 6.42 Å². The van der Waals surface area contributed by atoms with Gasteiger partial charge in [0, 0.05) is 23.5 Å². The van der Waals surface area contributed by atoms with Crippen molar-refractivity contribution in [3.05, 3.63) is 45.8 Å². The molecule has 0 unspecified atom stereocenters. The summed E-state index contributed by atoms with van der Waals surface area (Å²) in [6, 6.07) is 8.81. The molecule has 4 rings (SSSR count). The first-order valence-corrected chi connectivity index (χ1v) is 11.3. The average molecular weight is 438 g/mol. The number of hydrogen-bond acceptors (Lipinski definition) is 6. The Bertz CT molecular complexity index is 1050. The first kappa shape index (κ1) is 21.1. The van der Waals surface area contributed by atoms with Crippen LogP contribution in [0.2, 0.25) is 0 Å². The second-order valence-corrected chi connectivity index (χ2v) is 8.81. The minimum atomic E-state index is -0.614. The number of benzene rings is 1. The Labute approximate surface area is 184 Å². The van der Waals surface area contributed by atoms with Gasteiger partial charge in [0.05, 0.1) is 11.1 Å². The summed E-state index contributed by atoms with van der Waals surface area (Å²) in [4.78, 5) is 39.3. The van der Waals surface area contributed by atoms with Crippen LogP contribution >= 0.6 is 11.3 Å². The molecule has 7 nitrogen and oxygen atoms in total. The number of aryl methyl sites for hydroxylation is 1. The van der Waals surface area contributed by atoms with Gasteiger partial charge in [-0.15, -0.1) is 11.3 Å². The van der Waals surface area contributed by atoms with E-state index < -0.39 is 18.5 Å². The molecule has 1 N–H and O–H groups in total. The molecule has 1 fully saturated rings. The van der Waals surface area contributed by atoms with Gasteiger partial charge in [0.25, 0.3) is 5.91 Å². The monoisotopic (exact) mass is 437 g/mol. The Balaban J connectivity index is 1.34. The summed E-state index contributed by atoms with van der Waals surface area (Å²) in [5.74, 6) is -1.01. The molecule has 1 aromatic heterocycles. The number of rotatable bonds is 5. The first-order valence-electron chi connectivity index (χ1n) is 10.5. The third-order valence-corrected chi connectivity index (χ3v) is 6.82. The van der Waals surface area contributed by atoms with Crippen LogP contribution in [0.3, 0.4) is 0 Å². The van der Waals surface area contributed by atoms with Crippen LogP contribution in [-0.2, 0) is 27.2 Å². The maximum atomic E-state index is 12.3. The van der Waals surface area contributed by atoms with Gasteiger partial charge >= 0.3 is 5.97 Å². The zero-order chi connectivity index (χ0) is 21.8. The van der Waals surface area contributed by atoms with Crippen molar-refractivity contribution in [3.8, 4) is 6.07 Å². The lowest BCUT2D eigenvalue weighted by molar-refractivity contribution is -0.119. The van der Waals surface area contributed by atoms with E-state index in [1.165, 1.54) is 11.3 Å². The molecule has 0 radical (unpaired) electrons. The highest BCUT2D eigenvalue weighted by Crippen LogP contribution is 2.36. The number of hydrogen-bond donors (Lipinski definition) is 1. The summed E-state index contributed by atoms with van der Waals surface area (Å²) < 4.78 is 5.13. The summed E-state index contributed by atoms with van der Waals surface area (Å²) in [5, 5.41) is 12.8. The Kier molecular flexibility index (Phi) is 6.33. The summed E-state index contributed by atoms with van der Waals surface area (Å²) in [5.41, 5.74) is 2.64. The molecule has 0 bridgehead atoms. The lowest BCUT2D eigenvalue weighted by Crippen LogP contribution is -2.23. The number of esters is 1. The number of anilines is 2. The molecule has 2 aliphatic rings. The number of nitrogens with zero attached hydrogens (tertiary/aromatic N) is 2. The van der Waals surface area contributed by atoms with Crippen LogP contribution in [-0.4, -0.2) is 30.9 Å². The smallest absolute Gasteiger partial charge is 0.338 e. The number of nitriles is 1. The predicted molar refractivity (Wildman–Crippen MR) is 117 cm³/mol. The molecule has 160 valence electrons. The van der Waals surface area contributed by atoms with Crippen molar-refractivity contribution in [3.63, 3.8) is 0 Å². The van der Waals surface area contributed by atoms with Crippen LogP contribution in [0.4, 0.5) is 10.7 Å². The van der Waals surface area contributed by atoms with Crippen LogP contribution in [0.5, 0.6) is 0 Å². The third-order valence-electron chi connectivity index (χ3n) is 5.61. The third kappa shape index (κ3) is 4.62. The number of carbonyl (C=O) groups excluding carboxylic acids is 3. The topological polar surface area (TPSA) is 99.5 Å². The summed E-state index contributed by atoms with van der Waals surface area (Å²) in [6.07, 6.45) is 6.46. The van der Waals surface area contributed by atoms with Gasteiger partial charge in [-0.05, 0) is 61.9 Å². The second kappa shape index (κ2) is 9.31. The molecule has 1 aliphatic carbocycles. The van der Waals surface area contributed by atoms with E-state index in [9.17, 15) is 19.6 Å². The van der Waals surface area contributed by atoms with Gasteiger partial charge in [0.2, 0.25) is 5.91 Å². The van der Waals surface area contributed by atoms with E-state index in [0.29, 0.717) is 29.1 Å². The molecule has 0 saturated carbocycles. The molecule has 2 amide bonds.